The Morgan fingerprint density at radius 3 is 2.85 bits per heavy atom. The van der Waals surface area contributed by atoms with Crippen LogP contribution in [0, 0.1) is 0 Å². The molecule has 0 fully saturated rings. The summed E-state index contributed by atoms with van der Waals surface area (Å²) in [7, 11) is 0. The zero-order valence-corrected chi connectivity index (χ0v) is 14.7. The van der Waals surface area contributed by atoms with E-state index < -0.39 is 6.61 Å². The molecule has 0 saturated heterocycles. The first-order chi connectivity index (χ1) is 12.6. The van der Waals surface area contributed by atoms with E-state index in [1.165, 1.54) is 0 Å². The van der Waals surface area contributed by atoms with Gasteiger partial charge < -0.3 is 4.74 Å². The Morgan fingerprint density at radius 1 is 1.15 bits per heavy atom. The Kier molecular flexibility index (Phi) is 4.74. The molecule has 0 saturated carbocycles. The van der Waals surface area contributed by atoms with Gasteiger partial charge in [0.15, 0.2) is 0 Å². The van der Waals surface area contributed by atoms with Crippen molar-refractivity contribution in [2.75, 3.05) is 6.54 Å². The van der Waals surface area contributed by atoms with Gasteiger partial charge in [0.25, 0.3) is 0 Å². The van der Waals surface area contributed by atoms with Gasteiger partial charge in [0, 0.05) is 47.7 Å². The lowest BCUT2D eigenvalue weighted by molar-refractivity contribution is -0.0508. The molecule has 0 radical (unpaired) electrons. The van der Waals surface area contributed by atoms with Crippen molar-refractivity contribution in [2.24, 2.45) is 0 Å². The standard InChI is InChI=1S/C20H17ClF2N2O/c21-16-5-6-17-14(10-16)9-15-12-25(8-7-18(15)24-17)11-13-3-1-2-4-19(13)26-20(22)23/h1-6,9-10,20H,7-8,11-12H2. The molecule has 134 valence electrons. The number of pyridine rings is 1. The average molecular weight is 375 g/mol. The Morgan fingerprint density at radius 2 is 2.00 bits per heavy atom. The summed E-state index contributed by atoms with van der Waals surface area (Å²) in [6.07, 6.45) is 0.825. The van der Waals surface area contributed by atoms with Crippen LogP contribution in [-0.2, 0) is 19.5 Å². The minimum absolute atomic E-state index is 0.233. The number of halogens is 3. The van der Waals surface area contributed by atoms with Crippen molar-refractivity contribution in [3.63, 3.8) is 0 Å². The summed E-state index contributed by atoms with van der Waals surface area (Å²) in [5, 5.41) is 1.70. The van der Waals surface area contributed by atoms with Gasteiger partial charge in [-0.15, -0.1) is 0 Å². The van der Waals surface area contributed by atoms with Crippen LogP contribution in [0.15, 0.2) is 48.5 Å². The van der Waals surface area contributed by atoms with Gasteiger partial charge in [-0.25, -0.2) is 0 Å². The lowest BCUT2D eigenvalue weighted by Gasteiger charge is -2.29. The van der Waals surface area contributed by atoms with Gasteiger partial charge in [-0.3, -0.25) is 9.88 Å². The van der Waals surface area contributed by atoms with Crippen molar-refractivity contribution in [3.05, 3.63) is 70.4 Å². The molecule has 0 bridgehead atoms. The van der Waals surface area contributed by atoms with E-state index in [4.69, 9.17) is 16.6 Å². The van der Waals surface area contributed by atoms with E-state index in [-0.39, 0.29) is 5.75 Å². The minimum atomic E-state index is -2.82. The summed E-state index contributed by atoms with van der Waals surface area (Å²) in [6.45, 7) is -0.732. The Bertz CT molecular complexity index is 948. The molecule has 0 unspecified atom stereocenters. The van der Waals surface area contributed by atoms with Gasteiger partial charge in [0.2, 0.25) is 0 Å². The fraction of sp³-hybridized carbons (Fsp3) is 0.250. The van der Waals surface area contributed by atoms with Crippen molar-refractivity contribution < 1.29 is 13.5 Å². The lowest BCUT2D eigenvalue weighted by atomic mass is 10.0. The molecule has 26 heavy (non-hydrogen) atoms. The molecule has 0 N–H and O–H groups in total. The Balaban J connectivity index is 1.57. The van der Waals surface area contributed by atoms with E-state index in [0.29, 0.717) is 18.1 Å². The first kappa shape index (κ1) is 17.2. The molecule has 3 aromatic rings. The fourth-order valence-electron chi connectivity index (χ4n) is 3.39. The number of hydrogen-bond donors (Lipinski definition) is 0. The SMILES string of the molecule is FC(F)Oc1ccccc1CN1CCc2nc3ccc(Cl)cc3cc2C1. The number of hydrogen-bond acceptors (Lipinski definition) is 3. The largest absolute Gasteiger partial charge is 0.434 e. The summed E-state index contributed by atoms with van der Waals surface area (Å²) in [6, 6.07) is 14.8. The molecule has 2 heterocycles. The van der Waals surface area contributed by atoms with E-state index in [9.17, 15) is 8.78 Å². The third-order valence-electron chi connectivity index (χ3n) is 4.59. The van der Waals surface area contributed by atoms with Crippen LogP contribution in [0.3, 0.4) is 0 Å². The van der Waals surface area contributed by atoms with Gasteiger partial charge in [0.05, 0.1) is 5.52 Å². The van der Waals surface area contributed by atoms with Crippen LogP contribution in [0.2, 0.25) is 5.02 Å². The highest BCUT2D eigenvalue weighted by Crippen LogP contribution is 2.27. The topological polar surface area (TPSA) is 25.4 Å². The first-order valence-corrected chi connectivity index (χ1v) is 8.79. The number of ether oxygens (including phenoxy) is 1. The van der Waals surface area contributed by atoms with Crippen LogP contribution < -0.4 is 4.74 Å². The zero-order valence-electron chi connectivity index (χ0n) is 14.0. The quantitative estimate of drug-likeness (QED) is 0.639. The normalized spacial score (nSPS) is 14.6. The molecule has 1 aromatic heterocycles. The highest BCUT2D eigenvalue weighted by atomic mass is 35.5. The fourth-order valence-corrected chi connectivity index (χ4v) is 3.57. The number of aromatic nitrogens is 1. The maximum atomic E-state index is 12.6. The average Bonchev–Trinajstić information content (AvgIpc) is 2.61. The van der Waals surface area contributed by atoms with Gasteiger partial charge in [0.1, 0.15) is 5.75 Å². The van der Waals surface area contributed by atoms with Crippen LogP contribution in [0.5, 0.6) is 5.75 Å². The number of benzene rings is 2. The lowest BCUT2D eigenvalue weighted by Crippen LogP contribution is -2.30. The second-order valence-electron chi connectivity index (χ2n) is 6.38. The van der Waals surface area contributed by atoms with Crippen LogP contribution in [0.1, 0.15) is 16.8 Å². The second kappa shape index (κ2) is 7.17. The molecule has 0 atom stereocenters. The maximum Gasteiger partial charge on any atom is 0.387 e. The summed E-state index contributed by atoms with van der Waals surface area (Å²) in [5.74, 6) is 0.233. The van der Waals surface area contributed by atoms with Crippen molar-refractivity contribution in [1.29, 1.82) is 0 Å². The van der Waals surface area contributed by atoms with E-state index in [1.54, 1.807) is 12.1 Å². The van der Waals surface area contributed by atoms with Crippen LogP contribution in [0.4, 0.5) is 8.78 Å². The van der Waals surface area contributed by atoms with Gasteiger partial charge in [-0.05, 0) is 35.9 Å². The third kappa shape index (κ3) is 3.64. The van der Waals surface area contributed by atoms with E-state index >= 15 is 0 Å². The highest BCUT2D eigenvalue weighted by molar-refractivity contribution is 6.31. The third-order valence-corrected chi connectivity index (χ3v) is 4.82. The predicted octanol–water partition coefficient (Wildman–Crippen LogP) is 5.05. The van der Waals surface area contributed by atoms with Crippen molar-refractivity contribution in [3.8, 4) is 5.75 Å². The molecule has 2 aromatic carbocycles. The molecule has 4 rings (SSSR count). The first-order valence-electron chi connectivity index (χ1n) is 8.41. The van der Waals surface area contributed by atoms with Crippen molar-refractivity contribution in [2.45, 2.75) is 26.1 Å². The smallest absolute Gasteiger partial charge is 0.387 e. The van der Waals surface area contributed by atoms with Gasteiger partial charge in [-0.1, -0.05) is 29.8 Å². The van der Waals surface area contributed by atoms with E-state index in [2.05, 4.69) is 15.7 Å². The highest BCUT2D eigenvalue weighted by Gasteiger charge is 2.20. The Hall–Kier alpha value is -2.24. The van der Waals surface area contributed by atoms with Crippen molar-refractivity contribution >= 4 is 22.5 Å². The Labute approximate surface area is 155 Å². The van der Waals surface area contributed by atoms with Crippen molar-refractivity contribution in [1.82, 2.24) is 9.88 Å². The molecule has 0 aliphatic carbocycles. The number of nitrogens with zero attached hydrogens (tertiary/aromatic N) is 2. The molecular formula is C20H17ClF2N2O. The molecule has 6 heteroatoms. The van der Waals surface area contributed by atoms with Gasteiger partial charge in [-0.2, -0.15) is 8.78 Å². The number of rotatable bonds is 4. The molecule has 0 spiro atoms. The number of alkyl halides is 2. The molecular weight excluding hydrogens is 358 g/mol. The monoisotopic (exact) mass is 374 g/mol. The van der Waals surface area contributed by atoms with Crippen LogP contribution in [-0.4, -0.2) is 23.0 Å². The van der Waals surface area contributed by atoms with E-state index in [0.717, 1.165) is 40.7 Å². The maximum absolute atomic E-state index is 12.6. The summed E-state index contributed by atoms with van der Waals surface area (Å²) in [5.41, 5.74) is 3.94. The summed E-state index contributed by atoms with van der Waals surface area (Å²) < 4.78 is 29.8. The van der Waals surface area contributed by atoms with Crippen LogP contribution in [0.25, 0.3) is 10.9 Å². The molecule has 3 nitrogen and oxygen atoms in total. The molecule has 1 aliphatic heterocycles. The number of para-hydroxylation sites is 1. The second-order valence-corrected chi connectivity index (χ2v) is 6.81. The summed E-state index contributed by atoms with van der Waals surface area (Å²) in [4.78, 5) is 6.96. The van der Waals surface area contributed by atoms with Gasteiger partial charge >= 0.3 is 6.61 Å². The predicted molar refractivity (Wildman–Crippen MR) is 97.6 cm³/mol. The molecule has 0 amide bonds. The number of fused-ring (bicyclic) bond motifs is 2. The molecule has 1 aliphatic rings. The van der Waals surface area contributed by atoms with Crippen LogP contribution >= 0.6 is 11.6 Å². The zero-order chi connectivity index (χ0) is 18.1. The minimum Gasteiger partial charge on any atom is -0.434 e. The van der Waals surface area contributed by atoms with E-state index in [1.807, 2.05) is 30.3 Å². The summed E-state index contributed by atoms with van der Waals surface area (Å²) >= 11 is 6.08.